The third kappa shape index (κ3) is 4.12. The molecule has 0 spiro atoms. The molecule has 1 aromatic heterocycles. The second-order valence-electron chi connectivity index (χ2n) is 7.20. The highest BCUT2D eigenvalue weighted by Crippen LogP contribution is 2.38. The highest BCUT2D eigenvalue weighted by molar-refractivity contribution is 7.90. The number of alkyl halides is 1. The number of anilines is 1. The van der Waals surface area contributed by atoms with Crippen molar-refractivity contribution in [2.45, 2.75) is 12.6 Å². The molecule has 4 rings (SSSR count). The van der Waals surface area contributed by atoms with Crippen molar-refractivity contribution >= 4 is 38.4 Å². The van der Waals surface area contributed by atoms with Crippen LogP contribution in [0.5, 0.6) is 11.5 Å². The van der Waals surface area contributed by atoms with E-state index in [2.05, 4.69) is 9.71 Å². The Hall–Kier alpha value is -3.20. The Morgan fingerprint density at radius 2 is 2.12 bits per heavy atom. The monoisotopic (exact) mass is 477 g/mol. The minimum atomic E-state index is -4.08. The Labute approximate surface area is 187 Å². The normalized spacial score (nSPS) is 16.8. The van der Waals surface area contributed by atoms with Crippen LogP contribution in [0, 0.1) is 11.3 Å². The van der Waals surface area contributed by atoms with E-state index in [4.69, 9.17) is 16.3 Å². The number of halogens is 2. The van der Waals surface area contributed by atoms with Gasteiger partial charge in [-0.3, -0.25) is 9.52 Å². The Balaban J connectivity index is 1.71. The van der Waals surface area contributed by atoms with Gasteiger partial charge in [0.2, 0.25) is 0 Å². The second kappa shape index (κ2) is 8.38. The lowest BCUT2D eigenvalue weighted by atomic mass is 10.1. The summed E-state index contributed by atoms with van der Waals surface area (Å²) in [5.74, 6) is 0.125. The fourth-order valence-corrected chi connectivity index (χ4v) is 4.81. The molecule has 1 aliphatic heterocycles. The zero-order valence-corrected chi connectivity index (χ0v) is 18.3. The van der Waals surface area contributed by atoms with E-state index in [1.54, 1.807) is 19.2 Å². The highest BCUT2D eigenvalue weighted by atomic mass is 35.5. The molecule has 2 heterocycles. The van der Waals surface area contributed by atoms with Crippen molar-refractivity contribution in [3.63, 3.8) is 0 Å². The molecule has 2 aromatic carbocycles. The van der Waals surface area contributed by atoms with E-state index in [1.165, 1.54) is 29.1 Å². The van der Waals surface area contributed by atoms with Crippen LogP contribution >= 0.6 is 11.6 Å². The van der Waals surface area contributed by atoms with Crippen molar-refractivity contribution < 1.29 is 17.5 Å². The number of nitrogens with one attached hydrogen (secondary N) is 1. The number of nitriles is 1. The van der Waals surface area contributed by atoms with Gasteiger partial charge in [-0.05, 0) is 36.8 Å². The SMILES string of the molecule is Cn1cnc2ccc(Oc3c(Cl)ccc(NS(=O)(=O)N4CCC(F)C4)c3C#N)cc2c1=O. The van der Waals surface area contributed by atoms with Gasteiger partial charge < -0.3 is 9.30 Å². The number of aromatic nitrogens is 2. The molecule has 12 heteroatoms. The summed E-state index contributed by atoms with van der Waals surface area (Å²) in [6.45, 7) is -0.219. The van der Waals surface area contributed by atoms with Crippen LogP contribution in [0.4, 0.5) is 10.1 Å². The Morgan fingerprint density at radius 3 is 2.81 bits per heavy atom. The minimum absolute atomic E-state index is 0.0371. The van der Waals surface area contributed by atoms with Crippen molar-refractivity contribution in [1.82, 2.24) is 13.9 Å². The van der Waals surface area contributed by atoms with E-state index >= 15 is 0 Å². The van der Waals surface area contributed by atoms with Crippen LogP contribution < -0.4 is 15.0 Å². The zero-order valence-electron chi connectivity index (χ0n) is 16.7. The van der Waals surface area contributed by atoms with E-state index in [1.807, 2.05) is 6.07 Å². The molecule has 0 saturated carbocycles. The van der Waals surface area contributed by atoms with Gasteiger partial charge in [0.25, 0.3) is 5.56 Å². The number of aryl methyl sites for hydroxylation is 1. The molecule has 9 nitrogen and oxygen atoms in total. The number of hydrogen-bond acceptors (Lipinski definition) is 6. The molecule has 1 atom stereocenters. The first-order chi connectivity index (χ1) is 15.2. The summed E-state index contributed by atoms with van der Waals surface area (Å²) >= 11 is 6.23. The Bertz CT molecular complexity index is 1420. The van der Waals surface area contributed by atoms with Crippen LogP contribution in [0.2, 0.25) is 5.02 Å². The molecule has 1 unspecified atom stereocenters. The van der Waals surface area contributed by atoms with Gasteiger partial charge in [-0.1, -0.05) is 11.6 Å². The predicted molar refractivity (Wildman–Crippen MR) is 117 cm³/mol. The topological polar surface area (TPSA) is 117 Å². The molecule has 0 aliphatic carbocycles. The Morgan fingerprint density at radius 1 is 1.34 bits per heavy atom. The molecule has 1 aliphatic rings. The summed E-state index contributed by atoms with van der Waals surface area (Å²) in [7, 11) is -2.52. The van der Waals surface area contributed by atoms with E-state index in [0.717, 1.165) is 4.31 Å². The number of rotatable bonds is 5. The van der Waals surface area contributed by atoms with Crippen molar-refractivity contribution in [3.05, 3.63) is 57.6 Å². The minimum Gasteiger partial charge on any atom is -0.454 e. The summed E-state index contributed by atoms with van der Waals surface area (Å²) in [5, 5.41) is 10.1. The molecule has 166 valence electrons. The van der Waals surface area contributed by atoms with Crippen molar-refractivity contribution in [2.75, 3.05) is 17.8 Å². The molecule has 0 bridgehead atoms. The van der Waals surface area contributed by atoms with Gasteiger partial charge in [-0.15, -0.1) is 0 Å². The second-order valence-corrected chi connectivity index (χ2v) is 9.28. The molecule has 32 heavy (non-hydrogen) atoms. The maximum atomic E-state index is 13.5. The first-order valence-electron chi connectivity index (χ1n) is 9.47. The average Bonchev–Trinajstić information content (AvgIpc) is 3.21. The molecule has 1 saturated heterocycles. The largest absolute Gasteiger partial charge is 0.454 e. The van der Waals surface area contributed by atoms with E-state index in [9.17, 15) is 22.9 Å². The first kappa shape index (κ1) is 22.0. The summed E-state index contributed by atoms with van der Waals surface area (Å²) < 4.78 is 49.1. The number of nitrogens with zero attached hydrogens (tertiary/aromatic N) is 4. The fourth-order valence-electron chi connectivity index (χ4n) is 3.33. The van der Waals surface area contributed by atoms with Gasteiger partial charge in [-0.25, -0.2) is 9.37 Å². The summed E-state index contributed by atoms with van der Waals surface area (Å²) in [5.41, 5.74) is -0.0421. The lowest BCUT2D eigenvalue weighted by molar-refractivity contribution is 0.343. The van der Waals surface area contributed by atoms with E-state index in [-0.39, 0.29) is 52.8 Å². The van der Waals surface area contributed by atoms with Gasteiger partial charge in [-0.2, -0.15) is 18.0 Å². The number of ether oxygens (including phenoxy) is 1. The lowest BCUT2D eigenvalue weighted by Gasteiger charge is -2.19. The molecule has 3 aromatic rings. The van der Waals surface area contributed by atoms with E-state index in [0.29, 0.717) is 10.9 Å². The predicted octanol–water partition coefficient (Wildman–Crippen LogP) is 2.95. The quantitative estimate of drug-likeness (QED) is 0.603. The Kier molecular flexibility index (Phi) is 5.77. The van der Waals surface area contributed by atoms with Gasteiger partial charge in [0, 0.05) is 20.1 Å². The lowest BCUT2D eigenvalue weighted by Crippen LogP contribution is -2.34. The molecular weight excluding hydrogens is 461 g/mol. The first-order valence-corrected chi connectivity index (χ1v) is 11.3. The van der Waals surface area contributed by atoms with Gasteiger partial charge in [0.15, 0.2) is 5.75 Å². The number of hydrogen-bond donors (Lipinski definition) is 1. The van der Waals surface area contributed by atoms with Crippen molar-refractivity contribution in [1.29, 1.82) is 5.26 Å². The third-order valence-electron chi connectivity index (χ3n) is 5.00. The van der Waals surface area contributed by atoms with Crippen molar-refractivity contribution in [2.24, 2.45) is 7.05 Å². The average molecular weight is 478 g/mol. The molecular formula is C20H17ClFN5O4S. The highest BCUT2D eigenvalue weighted by Gasteiger charge is 2.32. The maximum Gasteiger partial charge on any atom is 0.301 e. The zero-order chi connectivity index (χ0) is 23.0. The maximum absolute atomic E-state index is 13.5. The van der Waals surface area contributed by atoms with Gasteiger partial charge >= 0.3 is 10.2 Å². The number of benzene rings is 2. The van der Waals surface area contributed by atoms with E-state index < -0.39 is 16.4 Å². The molecule has 0 radical (unpaired) electrons. The van der Waals surface area contributed by atoms with Crippen LogP contribution in [0.25, 0.3) is 10.9 Å². The van der Waals surface area contributed by atoms with Crippen LogP contribution in [0.1, 0.15) is 12.0 Å². The molecule has 1 N–H and O–H groups in total. The van der Waals surface area contributed by atoms with Gasteiger partial charge in [0.05, 0.1) is 27.9 Å². The molecule has 1 fully saturated rings. The van der Waals surface area contributed by atoms with Crippen LogP contribution in [0.15, 0.2) is 41.5 Å². The fraction of sp³-hybridized carbons (Fsp3) is 0.250. The smallest absolute Gasteiger partial charge is 0.301 e. The summed E-state index contributed by atoms with van der Waals surface area (Å²) in [4.78, 5) is 16.5. The summed E-state index contributed by atoms with van der Waals surface area (Å²) in [6.07, 6.45) is 0.273. The van der Waals surface area contributed by atoms with Crippen LogP contribution in [0.3, 0.4) is 0 Å². The standard InChI is InChI=1S/C20H17ClFN5O4S/c1-26-11-24-17-4-2-13(8-14(17)20(26)28)31-19-15(9-23)18(5-3-16(19)21)25-32(29,30)27-7-6-12(22)10-27/h2-5,8,11-12,25H,6-7,10H2,1H3. The van der Waals surface area contributed by atoms with Gasteiger partial charge in [0.1, 0.15) is 23.6 Å². The third-order valence-corrected chi connectivity index (χ3v) is 6.79. The van der Waals surface area contributed by atoms with Crippen LogP contribution in [-0.4, -0.2) is 41.5 Å². The van der Waals surface area contributed by atoms with Crippen LogP contribution in [-0.2, 0) is 17.3 Å². The summed E-state index contributed by atoms with van der Waals surface area (Å²) in [6, 6.07) is 9.20. The molecule has 0 amide bonds. The number of fused-ring (bicyclic) bond motifs is 1. The van der Waals surface area contributed by atoms with Crippen molar-refractivity contribution in [3.8, 4) is 17.6 Å².